The Kier molecular flexibility index (Phi) is 10.2. The zero-order valence-corrected chi connectivity index (χ0v) is 25.9. The first-order valence-corrected chi connectivity index (χ1v) is 15.7. The molecule has 0 bridgehead atoms. The molecule has 1 saturated heterocycles. The molecule has 2 aromatic carbocycles. The van der Waals surface area contributed by atoms with Crippen molar-refractivity contribution in [3.05, 3.63) is 59.2 Å². The third kappa shape index (κ3) is 8.25. The number of hydrogen-bond donors (Lipinski definition) is 3. The molecule has 0 spiro atoms. The number of nitrogens with one attached hydrogen (secondary N) is 3. The van der Waals surface area contributed by atoms with E-state index in [1.807, 2.05) is 18.4 Å². The highest BCUT2D eigenvalue weighted by atomic mass is 32.2. The predicted molar refractivity (Wildman–Crippen MR) is 161 cm³/mol. The number of ether oxygens (including phenoxy) is 1. The Labute approximate surface area is 258 Å². The van der Waals surface area contributed by atoms with Gasteiger partial charge in [0.15, 0.2) is 0 Å². The fourth-order valence-electron chi connectivity index (χ4n) is 5.48. The molecule has 238 valence electrons. The molecule has 3 N–H and O–H groups in total. The molecule has 1 heterocycles. The second-order valence-corrected chi connectivity index (χ2v) is 12.8. The van der Waals surface area contributed by atoms with Gasteiger partial charge in [-0.2, -0.15) is 13.2 Å². The number of alkyl halides is 3. The van der Waals surface area contributed by atoms with Crippen LogP contribution < -0.4 is 16.0 Å². The smallest absolute Gasteiger partial charge is 0.416 e. The van der Waals surface area contributed by atoms with Gasteiger partial charge in [0, 0.05) is 23.0 Å². The number of hydrogen-bond acceptors (Lipinski definition) is 6. The highest BCUT2D eigenvalue weighted by molar-refractivity contribution is 7.98. The number of benzene rings is 2. The van der Waals surface area contributed by atoms with E-state index in [1.165, 1.54) is 0 Å². The summed E-state index contributed by atoms with van der Waals surface area (Å²) in [5.74, 6) is -1.55. The van der Waals surface area contributed by atoms with Gasteiger partial charge < -0.3 is 20.3 Å². The van der Waals surface area contributed by atoms with Crippen LogP contribution in [0.2, 0.25) is 0 Å². The van der Waals surface area contributed by atoms with E-state index in [1.54, 1.807) is 49.6 Å². The van der Waals surface area contributed by atoms with E-state index in [9.17, 15) is 32.3 Å². The summed E-state index contributed by atoms with van der Waals surface area (Å²) < 4.78 is 45.7. The summed E-state index contributed by atoms with van der Waals surface area (Å²) in [5.41, 5.74) is -2.09. The van der Waals surface area contributed by atoms with Crippen LogP contribution in [0.5, 0.6) is 0 Å². The molecule has 4 amide bonds. The molecular weight excluding hydrogens is 597 g/mol. The van der Waals surface area contributed by atoms with Crippen LogP contribution in [0.1, 0.15) is 79.2 Å². The predicted octanol–water partition coefficient (Wildman–Crippen LogP) is 5.85. The highest BCUT2D eigenvalue weighted by Crippen LogP contribution is 2.33. The maximum absolute atomic E-state index is 13.5. The van der Waals surface area contributed by atoms with Gasteiger partial charge in [0.1, 0.15) is 11.6 Å². The van der Waals surface area contributed by atoms with Crippen molar-refractivity contribution in [2.24, 2.45) is 0 Å². The number of carbonyl (C=O) groups is 4. The lowest BCUT2D eigenvalue weighted by atomic mass is 9.89. The molecule has 44 heavy (non-hydrogen) atoms. The lowest BCUT2D eigenvalue weighted by molar-refractivity contribution is -0.137. The van der Waals surface area contributed by atoms with Gasteiger partial charge in [-0.3, -0.25) is 19.7 Å². The molecule has 1 aliphatic carbocycles. The van der Waals surface area contributed by atoms with Gasteiger partial charge in [0.05, 0.1) is 22.9 Å². The average Bonchev–Trinajstić information content (AvgIpc) is 3.31. The fraction of sp³-hybridized carbons (Fsp3) is 0.484. The molecule has 9 nitrogen and oxygen atoms in total. The topological polar surface area (TPSA) is 117 Å². The Bertz CT molecular complexity index is 1390. The van der Waals surface area contributed by atoms with Gasteiger partial charge in [-0.15, -0.1) is 11.8 Å². The van der Waals surface area contributed by atoms with E-state index in [-0.39, 0.29) is 36.0 Å². The van der Waals surface area contributed by atoms with Gasteiger partial charge in [0.2, 0.25) is 5.91 Å². The third-order valence-corrected chi connectivity index (χ3v) is 8.31. The van der Waals surface area contributed by atoms with Crippen molar-refractivity contribution in [1.82, 2.24) is 15.5 Å². The lowest BCUT2D eigenvalue weighted by Gasteiger charge is -2.38. The normalized spacial score (nSPS) is 20.7. The fourth-order valence-corrected chi connectivity index (χ4v) is 5.89. The van der Waals surface area contributed by atoms with Crippen LogP contribution in [0, 0.1) is 0 Å². The van der Waals surface area contributed by atoms with Crippen LogP contribution in [0.15, 0.2) is 47.4 Å². The van der Waals surface area contributed by atoms with Crippen LogP contribution in [0.3, 0.4) is 0 Å². The Balaban J connectivity index is 1.47. The molecule has 1 aliphatic heterocycles. The zero-order valence-electron chi connectivity index (χ0n) is 25.0. The summed E-state index contributed by atoms with van der Waals surface area (Å²) in [6.45, 7) is 5.18. The van der Waals surface area contributed by atoms with E-state index in [2.05, 4.69) is 16.0 Å². The van der Waals surface area contributed by atoms with Crippen molar-refractivity contribution >= 4 is 41.3 Å². The quantitative estimate of drug-likeness (QED) is 0.330. The van der Waals surface area contributed by atoms with E-state index in [0.29, 0.717) is 31.0 Å². The number of halogens is 3. The minimum atomic E-state index is -4.74. The Hall–Kier alpha value is -3.74. The summed E-state index contributed by atoms with van der Waals surface area (Å²) in [7, 11) is 0. The monoisotopic (exact) mass is 634 g/mol. The van der Waals surface area contributed by atoms with E-state index in [0.717, 1.165) is 29.9 Å². The second-order valence-electron chi connectivity index (χ2n) is 11.9. The maximum Gasteiger partial charge on any atom is 0.416 e. The first kappa shape index (κ1) is 33.2. The average molecular weight is 635 g/mol. The summed E-state index contributed by atoms with van der Waals surface area (Å²) >= 11 is 1.57. The van der Waals surface area contributed by atoms with Gasteiger partial charge in [-0.05, 0) is 88.8 Å². The Morgan fingerprint density at radius 1 is 0.932 bits per heavy atom. The van der Waals surface area contributed by atoms with Crippen molar-refractivity contribution in [3.63, 3.8) is 0 Å². The lowest BCUT2D eigenvalue weighted by Crippen LogP contribution is -2.55. The summed E-state index contributed by atoms with van der Waals surface area (Å²) in [4.78, 5) is 54.9. The maximum atomic E-state index is 13.5. The number of carbonyl (C=O) groups excluding carboxylic acids is 4. The largest absolute Gasteiger partial charge is 0.444 e. The minimum Gasteiger partial charge on any atom is -0.444 e. The van der Waals surface area contributed by atoms with E-state index in [4.69, 9.17) is 4.74 Å². The number of amides is 4. The molecule has 0 aromatic heterocycles. The van der Waals surface area contributed by atoms with Gasteiger partial charge >= 0.3 is 12.3 Å². The first-order chi connectivity index (χ1) is 20.7. The molecule has 13 heteroatoms. The third-order valence-electron chi connectivity index (χ3n) is 7.57. The summed E-state index contributed by atoms with van der Waals surface area (Å²) in [6.07, 6.45) is -0.390. The molecule has 2 aliphatic rings. The first-order valence-electron chi connectivity index (χ1n) is 14.4. The molecule has 2 aromatic rings. The Morgan fingerprint density at radius 3 is 2.25 bits per heavy atom. The van der Waals surface area contributed by atoms with Gasteiger partial charge in [-0.25, -0.2) is 4.79 Å². The summed E-state index contributed by atoms with van der Waals surface area (Å²) in [6, 6.07) is 8.06. The number of thioether (sulfide) groups is 1. The standard InChI is InChI=1S/C31H37F3N4O5S/c1-30(2,3)43-29(42)37-22-14-11-19(31(32,33)34)17-21(22)27(40)36-24-15-16-38(28(24)41)25-8-6-5-7-23(25)35-26(39)18-9-12-20(44-4)13-10-18/h9-14,17,23-25H,5-8,15-16H2,1-4H3,(H,35,39)(H,36,40)(H,37,42)/t23-,24-,25+/m1/s1. The van der Waals surface area contributed by atoms with Crippen molar-refractivity contribution in [3.8, 4) is 0 Å². The molecule has 3 atom stereocenters. The number of rotatable bonds is 7. The number of likely N-dealkylation sites (tertiary alicyclic amines) is 1. The molecule has 0 unspecified atom stereocenters. The molecular formula is C31H37F3N4O5S. The zero-order chi connectivity index (χ0) is 32.2. The molecule has 4 rings (SSSR count). The molecule has 0 radical (unpaired) electrons. The van der Waals surface area contributed by atoms with Crippen LogP contribution in [0.25, 0.3) is 0 Å². The van der Waals surface area contributed by atoms with Crippen LogP contribution >= 0.6 is 11.8 Å². The SMILES string of the molecule is CSc1ccc(C(=O)N[C@@H]2CCCC[C@@H]2N2CC[C@@H](NC(=O)c3cc(C(F)(F)F)ccc3NC(=O)OC(C)(C)C)C2=O)cc1. The van der Waals surface area contributed by atoms with Crippen molar-refractivity contribution in [2.45, 2.75) is 87.7 Å². The minimum absolute atomic E-state index is 0.187. The molecule has 2 fully saturated rings. The van der Waals surface area contributed by atoms with Crippen LogP contribution in [-0.4, -0.2) is 65.2 Å². The van der Waals surface area contributed by atoms with Crippen molar-refractivity contribution in [2.75, 3.05) is 18.1 Å². The van der Waals surface area contributed by atoms with Crippen LogP contribution in [0.4, 0.5) is 23.7 Å². The summed E-state index contributed by atoms with van der Waals surface area (Å²) in [5, 5.41) is 7.99. The van der Waals surface area contributed by atoms with Crippen molar-refractivity contribution < 1.29 is 37.1 Å². The van der Waals surface area contributed by atoms with Gasteiger partial charge in [0.25, 0.3) is 11.8 Å². The number of nitrogens with zero attached hydrogens (tertiary/aromatic N) is 1. The molecule has 1 saturated carbocycles. The highest BCUT2D eigenvalue weighted by Gasteiger charge is 2.41. The van der Waals surface area contributed by atoms with Crippen LogP contribution in [-0.2, 0) is 15.7 Å². The van der Waals surface area contributed by atoms with E-state index < -0.39 is 40.9 Å². The van der Waals surface area contributed by atoms with Crippen molar-refractivity contribution in [1.29, 1.82) is 0 Å². The van der Waals surface area contributed by atoms with Gasteiger partial charge in [-0.1, -0.05) is 12.8 Å². The Morgan fingerprint density at radius 2 is 1.61 bits per heavy atom. The van der Waals surface area contributed by atoms with E-state index >= 15 is 0 Å². The second kappa shape index (κ2) is 13.5. The number of anilines is 1.